The van der Waals surface area contributed by atoms with Crippen LogP contribution in [0.5, 0.6) is 0 Å². The van der Waals surface area contributed by atoms with Crippen LogP contribution >= 0.6 is 0 Å². The normalized spacial score (nSPS) is 28.7. The van der Waals surface area contributed by atoms with E-state index >= 15 is 0 Å². The molecule has 0 saturated heterocycles. The molecule has 0 bridgehead atoms. The number of likely N-dealkylation sites (N-methyl/N-ethyl adjacent to an activating group) is 1. The van der Waals surface area contributed by atoms with Crippen molar-refractivity contribution in [2.24, 2.45) is 7.05 Å². The average Bonchev–Trinajstić information content (AvgIpc) is 2.96. The van der Waals surface area contributed by atoms with E-state index in [0.29, 0.717) is 5.70 Å². The first-order valence-corrected chi connectivity index (χ1v) is 8.59. The van der Waals surface area contributed by atoms with Crippen molar-refractivity contribution in [2.75, 3.05) is 7.05 Å². The Hall–Kier alpha value is -2.42. The molecular formula is C20H22N4O. The molecule has 0 radical (unpaired) electrons. The first-order valence-electron chi connectivity index (χ1n) is 8.59. The highest BCUT2D eigenvalue weighted by molar-refractivity contribution is 5.66. The third kappa shape index (κ3) is 2.18. The lowest BCUT2D eigenvalue weighted by atomic mass is 9.67. The number of aromatic nitrogens is 2. The van der Waals surface area contributed by atoms with E-state index in [1.165, 1.54) is 11.1 Å². The highest BCUT2D eigenvalue weighted by Gasteiger charge is 2.49. The molecule has 1 aliphatic heterocycles. The SMILES string of the molecule is [C-]#[N+]C1=C[C@]2(C)c3nn(C)c(-c4ccccc4)c3CC[C@H]2N(C)C1O. The van der Waals surface area contributed by atoms with E-state index in [1.54, 1.807) is 0 Å². The van der Waals surface area contributed by atoms with Crippen molar-refractivity contribution in [3.8, 4) is 11.3 Å². The van der Waals surface area contributed by atoms with Gasteiger partial charge in [0.2, 0.25) is 5.70 Å². The minimum atomic E-state index is -0.825. The molecule has 1 N–H and O–H groups in total. The van der Waals surface area contributed by atoms with Gasteiger partial charge in [0.25, 0.3) is 0 Å². The highest BCUT2D eigenvalue weighted by atomic mass is 16.3. The fourth-order valence-electron chi connectivity index (χ4n) is 4.58. The van der Waals surface area contributed by atoms with Crippen molar-refractivity contribution in [1.29, 1.82) is 0 Å². The van der Waals surface area contributed by atoms with Crippen LogP contribution in [0.4, 0.5) is 0 Å². The summed E-state index contributed by atoms with van der Waals surface area (Å²) in [6.07, 6.45) is 2.97. The zero-order chi connectivity index (χ0) is 17.8. The molecule has 25 heavy (non-hydrogen) atoms. The summed E-state index contributed by atoms with van der Waals surface area (Å²) in [7, 11) is 3.89. The maximum absolute atomic E-state index is 10.4. The fourth-order valence-corrected chi connectivity index (χ4v) is 4.58. The molecule has 0 fully saturated rings. The molecular weight excluding hydrogens is 312 g/mol. The number of benzene rings is 1. The van der Waals surface area contributed by atoms with Crippen molar-refractivity contribution in [2.45, 2.75) is 37.5 Å². The van der Waals surface area contributed by atoms with E-state index in [-0.39, 0.29) is 11.5 Å². The van der Waals surface area contributed by atoms with Crippen molar-refractivity contribution in [1.82, 2.24) is 14.7 Å². The Morgan fingerprint density at radius 2 is 2.00 bits per heavy atom. The van der Waals surface area contributed by atoms with Gasteiger partial charge in [-0.05, 0) is 19.9 Å². The summed E-state index contributed by atoms with van der Waals surface area (Å²) < 4.78 is 1.96. The quantitative estimate of drug-likeness (QED) is 0.816. The molecule has 128 valence electrons. The van der Waals surface area contributed by atoms with Crippen LogP contribution in [0.1, 0.15) is 24.6 Å². The van der Waals surface area contributed by atoms with Crippen molar-refractivity contribution < 1.29 is 5.11 Å². The van der Waals surface area contributed by atoms with E-state index < -0.39 is 6.23 Å². The summed E-state index contributed by atoms with van der Waals surface area (Å²) in [6.45, 7) is 9.56. The van der Waals surface area contributed by atoms with Gasteiger partial charge in [-0.2, -0.15) is 5.10 Å². The molecule has 5 nitrogen and oxygen atoms in total. The lowest BCUT2D eigenvalue weighted by Crippen LogP contribution is -2.56. The molecule has 1 aliphatic carbocycles. The maximum atomic E-state index is 10.4. The van der Waals surface area contributed by atoms with Gasteiger partial charge in [-0.1, -0.05) is 43.3 Å². The molecule has 0 saturated carbocycles. The largest absolute Gasteiger partial charge is 0.384 e. The Bertz CT molecular complexity index is 892. The molecule has 2 heterocycles. The smallest absolute Gasteiger partial charge is 0.204 e. The fraction of sp³-hybridized carbons (Fsp3) is 0.400. The maximum Gasteiger partial charge on any atom is 0.204 e. The minimum absolute atomic E-state index is 0.138. The second kappa shape index (κ2) is 5.55. The van der Waals surface area contributed by atoms with E-state index in [1.807, 2.05) is 48.0 Å². The second-order valence-corrected chi connectivity index (χ2v) is 7.22. The number of nitrogens with zero attached hydrogens (tertiary/aromatic N) is 4. The minimum Gasteiger partial charge on any atom is -0.384 e. The highest BCUT2D eigenvalue weighted by Crippen LogP contribution is 2.46. The zero-order valence-electron chi connectivity index (χ0n) is 14.8. The van der Waals surface area contributed by atoms with Crippen LogP contribution in [0, 0.1) is 6.57 Å². The van der Waals surface area contributed by atoms with E-state index in [9.17, 15) is 5.11 Å². The molecule has 0 amide bonds. The van der Waals surface area contributed by atoms with Gasteiger partial charge >= 0.3 is 0 Å². The monoisotopic (exact) mass is 334 g/mol. The number of aliphatic hydroxyl groups is 1. The summed E-state index contributed by atoms with van der Waals surface area (Å²) in [6, 6.07) is 10.5. The number of hydrogen-bond acceptors (Lipinski definition) is 3. The first kappa shape index (κ1) is 16.1. The van der Waals surface area contributed by atoms with Gasteiger partial charge in [0.1, 0.15) is 6.23 Å². The van der Waals surface area contributed by atoms with Gasteiger partial charge in [0, 0.05) is 29.6 Å². The van der Waals surface area contributed by atoms with Gasteiger partial charge < -0.3 is 5.11 Å². The van der Waals surface area contributed by atoms with Crippen LogP contribution in [-0.2, 0) is 18.9 Å². The predicted molar refractivity (Wildman–Crippen MR) is 96.6 cm³/mol. The summed E-state index contributed by atoms with van der Waals surface area (Å²) in [4.78, 5) is 5.48. The molecule has 5 heteroatoms. The van der Waals surface area contributed by atoms with E-state index in [0.717, 1.165) is 24.2 Å². The summed E-state index contributed by atoms with van der Waals surface area (Å²) in [5.41, 5.74) is 4.64. The standard InChI is InChI=1S/C20H22N4O/c1-20-12-15(21-2)19(25)23(3)16(20)11-10-14-17(24(4)22-18(14)20)13-8-6-5-7-9-13/h5-9,12,16,19,25H,10-11H2,1,3-4H3/t16-,19?,20+/m1/s1. The predicted octanol–water partition coefficient (Wildman–Crippen LogP) is 2.73. The van der Waals surface area contributed by atoms with Crippen LogP contribution in [0.2, 0.25) is 0 Å². The van der Waals surface area contributed by atoms with E-state index in [4.69, 9.17) is 11.7 Å². The molecule has 2 aliphatic rings. The Morgan fingerprint density at radius 1 is 1.28 bits per heavy atom. The van der Waals surface area contributed by atoms with Crippen LogP contribution < -0.4 is 0 Å². The second-order valence-electron chi connectivity index (χ2n) is 7.22. The van der Waals surface area contributed by atoms with E-state index in [2.05, 4.69) is 23.9 Å². The Kier molecular flexibility index (Phi) is 3.57. The third-order valence-electron chi connectivity index (χ3n) is 5.78. The van der Waals surface area contributed by atoms with Gasteiger partial charge in [0.05, 0.1) is 18.0 Å². The molecule has 0 spiro atoms. The topological polar surface area (TPSA) is 45.7 Å². The molecule has 1 aromatic carbocycles. The molecule has 3 atom stereocenters. The van der Waals surface area contributed by atoms with Crippen molar-refractivity contribution >= 4 is 0 Å². The first-order chi connectivity index (χ1) is 12.0. The van der Waals surface area contributed by atoms with Crippen LogP contribution in [-0.4, -0.2) is 39.1 Å². The van der Waals surface area contributed by atoms with Crippen LogP contribution in [0.25, 0.3) is 16.1 Å². The van der Waals surface area contributed by atoms with Gasteiger partial charge in [0.15, 0.2) is 0 Å². The Morgan fingerprint density at radius 3 is 2.68 bits per heavy atom. The van der Waals surface area contributed by atoms with Gasteiger partial charge in [-0.25, -0.2) is 4.85 Å². The Balaban J connectivity index is 1.93. The molecule has 2 aromatic rings. The number of aryl methyl sites for hydroxylation is 1. The summed E-state index contributed by atoms with van der Waals surface area (Å²) in [5, 5.41) is 15.3. The van der Waals surface area contributed by atoms with Crippen molar-refractivity contribution in [3.05, 3.63) is 64.8 Å². The van der Waals surface area contributed by atoms with Gasteiger partial charge in [-0.15, -0.1) is 0 Å². The van der Waals surface area contributed by atoms with Crippen LogP contribution in [0.15, 0.2) is 42.1 Å². The third-order valence-corrected chi connectivity index (χ3v) is 5.78. The lowest BCUT2D eigenvalue weighted by Gasteiger charge is -2.48. The molecule has 1 aromatic heterocycles. The van der Waals surface area contributed by atoms with Crippen LogP contribution in [0.3, 0.4) is 0 Å². The number of hydrogen-bond donors (Lipinski definition) is 1. The van der Waals surface area contributed by atoms with Crippen molar-refractivity contribution in [3.63, 3.8) is 0 Å². The number of aliphatic hydroxyl groups excluding tert-OH is 1. The number of fused-ring (bicyclic) bond motifs is 3. The van der Waals surface area contributed by atoms with Gasteiger partial charge in [-0.3, -0.25) is 9.58 Å². The summed E-state index contributed by atoms with van der Waals surface area (Å²) >= 11 is 0. The summed E-state index contributed by atoms with van der Waals surface area (Å²) in [5.74, 6) is 0. The lowest BCUT2D eigenvalue weighted by molar-refractivity contribution is -0.0123. The molecule has 1 unspecified atom stereocenters. The zero-order valence-corrected chi connectivity index (χ0v) is 14.8. The molecule has 4 rings (SSSR count). The number of rotatable bonds is 1. The Labute approximate surface area is 148 Å². The average molecular weight is 334 g/mol.